The Morgan fingerprint density at radius 1 is 1.38 bits per heavy atom. The zero-order valence-electron chi connectivity index (χ0n) is 7.95. The Kier molecular flexibility index (Phi) is 2.82. The van der Waals surface area contributed by atoms with Crippen LogP contribution in [0.4, 0.5) is 0 Å². The Balaban J connectivity index is 2.27. The Bertz CT molecular complexity index is 508. The van der Waals surface area contributed by atoms with Crippen LogP contribution in [0.5, 0.6) is 0 Å². The Hall–Kier alpha value is -1.95. The molecular formula is C10H6N2O3S. The van der Waals surface area contributed by atoms with Crippen molar-refractivity contribution in [3.63, 3.8) is 0 Å². The molecular weight excluding hydrogens is 228 g/mol. The van der Waals surface area contributed by atoms with E-state index < -0.39 is 11.9 Å². The number of aliphatic carboxylic acids is 1. The number of carboxylic acids is 1. The van der Waals surface area contributed by atoms with E-state index in [-0.39, 0.29) is 4.91 Å². The smallest absolute Gasteiger partial charge is 0.329 e. The molecule has 0 unspecified atom stereocenters. The zero-order chi connectivity index (χ0) is 11.5. The number of thioether (sulfide) groups is 1. The number of carboxylic acid groups (broad SMARTS) is 1. The first-order valence-corrected chi connectivity index (χ1v) is 5.14. The maximum atomic E-state index is 11.3. The molecule has 2 heterocycles. The first-order valence-electron chi connectivity index (χ1n) is 4.33. The molecule has 5 nitrogen and oxygen atoms in total. The highest BCUT2D eigenvalue weighted by molar-refractivity contribution is 8.19. The fourth-order valence-corrected chi connectivity index (χ4v) is 2.02. The number of carbonyl (C=O) groups excluding carboxylic acids is 1. The lowest BCUT2D eigenvalue weighted by atomic mass is 10.3. The molecule has 0 saturated carbocycles. The maximum Gasteiger partial charge on any atom is 0.329 e. The van der Waals surface area contributed by atoms with Gasteiger partial charge in [-0.05, 0) is 12.1 Å². The van der Waals surface area contributed by atoms with E-state index in [1.54, 1.807) is 24.5 Å². The normalized spacial score (nSPS) is 17.6. The fourth-order valence-electron chi connectivity index (χ4n) is 1.14. The molecule has 0 saturated heterocycles. The molecule has 1 aromatic heterocycles. The number of carbonyl (C=O) groups is 2. The molecule has 2 rings (SSSR count). The van der Waals surface area contributed by atoms with Crippen LogP contribution >= 0.6 is 11.8 Å². The summed E-state index contributed by atoms with van der Waals surface area (Å²) in [6.45, 7) is 0. The maximum absolute atomic E-state index is 11.3. The van der Waals surface area contributed by atoms with Gasteiger partial charge in [0.25, 0.3) is 5.91 Å². The first-order chi connectivity index (χ1) is 7.66. The third-order valence-electron chi connectivity index (χ3n) is 1.80. The molecule has 0 bridgehead atoms. The van der Waals surface area contributed by atoms with E-state index in [1.807, 2.05) is 0 Å². The average molecular weight is 234 g/mol. The minimum atomic E-state index is -1.15. The van der Waals surface area contributed by atoms with Gasteiger partial charge in [-0.1, -0.05) is 11.8 Å². The van der Waals surface area contributed by atoms with E-state index in [9.17, 15) is 9.59 Å². The van der Waals surface area contributed by atoms with Crippen molar-refractivity contribution >= 4 is 28.7 Å². The van der Waals surface area contributed by atoms with Gasteiger partial charge in [-0.3, -0.25) is 9.78 Å². The SMILES string of the molecule is O=C(O)/C=C1/SC(c2ccncc2)=NC1=O. The Morgan fingerprint density at radius 2 is 2.06 bits per heavy atom. The van der Waals surface area contributed by atoms with Gasteiger partial charge in [0.15, 0.2) is 0 Å². The van der Waals surface area contributed by atoms with Crippen LogP contribution in [-0.4, -0.2) is 27.0 Å². The molecule has 16 heavy (non-hydrogen) atoms. The second kappa shape index (κ2) is 4.28. The quantitative estimate of drug-likeness (QED) is 0.774. The van der Waals surface area contributed by atoms with Crippen molar-refractivity contribution in [2.45, 2.75) is 0 Å². The van der Waals surface area contributed by atoms with Gasteiger partial charge >= 0.3 is 5.97 Å². The molecule has 1 N–H and O–H groups in total. The summed E-state index contributed by atoms with van der Waals surface area (Å²) in [4.78, 5) is 29.5. The standard InChI is InChI=1S/C10H6N2O3S/c13-8(14)5-7-9(15)12-10(16-7)6-1-3-11-4-2-6/h1-5H,(H,13,14)/b7-5+. The number of aromatic nitrogens is 1. The predicted octanol–water partition coefficient (Wildman–Crippen LogP) is 1.07. The summed E-state index contributed by atoms with van der Waals surface area (Å²) in [5, 5.41) is 9.05. The summed E-state index contributed by atoms with van der Waals surface area (Å²) < 4.78 is 0. The van der Waals surface area contributed by atoms with Crippen molar-refractivity contribution in [2.24, 2.45) is 4.99 Å². The number of pyridine rings is 1. The highest BCUT2D eigenvalue weighted by Gasteiger charge is 2.23. The number of nitrogens with zero attached hydrogens (tertiary/aromatic N) is 2. The number of hydrogen-bond donors (Lipinski definition) is 1. The van der Waals surface area contributed by atoms with Gasteiger partial charge < -0.3 is 5.11 Å². The predicted molar refractivity (Wildman–Crippen MR) is 59.1 cm³/mol. The van der Waals surface area contributed by atoms with Crippen LogP contribution < -0.4 is 0 Å². The second-order valence-corrected chi connectivity index (χ2v) is 3.94. The lowest BCUT2D eigenvalue weighted by Crippen LogP contribution is -1.94. The van der Waals surface area contributed by atoms with E-state index in [2.05, 4.69) is 9.98 Å². The van der Waals surface area contributed by atoms with Crippen LogP contribution in [0.2, 0.25) is 0 Å². The summed E-state index contributed by atoms with van der Waals surface area (Å²) in [6, 6.07) is 3.42. The van der Waals surface area contributed by atoms with Gasteiger partial charge in [-0.25, -0.2) is 9.79 Å². The lowest BCUT2D eigenvalue weighted by Gasteiger charge is -1.96. The topological polar surface area (TPSA) is 79.6 Å². The summed E-state index contributed by atoms with van der Waals surface area (Å²) in [5.41, 5.74) is 0.752. The number of rotatable bonds is 2. The third kappa shape index (κ3) is 2.17. The van der Waals surface area contributed by atoms with Crippen LogP contribution in [0.3, 0.4) is 0 Å². The van der Waals surface area contributed by atoms with Gasteiger partial charge in [-0.15, -0.1) is 0 Å². The van der Waals surface area contributed by atoms with Gasteiger partial charge in [0.1, 0.15) is 5.04 Å². The van der Waals surface area contributed by atoms with Crippen molar-refractivity contribution in [2.75, 3.05) is 0 Å². The van der Waals surface area contributed by atoms with Gasteiger partial charge in [-0.2, -0.15) is 0 Å². The molecule has 0 aliphatic carbocycles. The number of amides is 1. The van der Waals surface area contributed by atoms with Crippen molar-refractivity contribution in [3.8, 4) is 0 Å². The molecule has 0 aromatic carbocycles. The zero-order valence-corrected chi connectivity index (χ0v) is 8.77. The van der Waals surface area contributed by atoms with Gasteiger partial charge in [0, 0.05) is 24.0 Å². The molecule has 80 valence electrons. The molecule has 1 aromatic rings. The summed E-state index contributed by atoms with van der Waals surface area (Å²) in [7, 11) is 0. The molecule has 0 radical (unpaired) electrons. The lowest BCUT2D eigenvalue weighted by molar-refractivity contribution is -0.131. The van der Waals surface area contributed by atoms with Crippen molar-refractivity contribution < 1.29 is 14.7 Å². The molecule has 1 amide bonds. The molecule has 0 fully saturated rings. The number of hydrogen-bond acceptors (Lipinski definition) is 4. The van der Waals surface area contributed by atoms with E-state index in [1.165, 1.54) is 0 Å². The van der Waals surface area contributed by atoms with Crippen LogP contribution in [0.25, 0.3) is 0 Å². The summed E-state index contributed by atoms with van der Waals surface area (Å²) in [5.74, 6) is -1.67. The minimum absolute atomic E-state index is 0.124. The molecule has 0 atom stereocenters. The fraction of sp³-hybridized carbons (Fsp3) is 0. The van der Waals surface area contributed by atoms with E-state index >= 15 is 0 Å². The highest BCUT2D eigenvalue weighted by atomic mass is 32.2. The van der Waals surface area contributed by atoms with Crippen LogP contribution in [0, 0.1) is 0 Å². The number of aliphatic imine (C=N–C) groups is 1. The largest absolute Gasteiger partial charge is 0.478 e. The van der Waals surface area contributed by atoms with E-state index in [4.69, 9.17) is 5.11 Å². The minimum Gasteiger partial charge on any atom is -0.478 e. The van der Waals surface area contributed by atoms with E-state index in [0.29, 0.717) is 5.04 Å². The molecule has 6 heteroatoms. The van der Waals surface area contributed by atoms with Crippen LogP contribution in [-0.2, 0) is 9.59 Å². The second-order valence-electron chi connectivity index (χ2n) is 2.91. The summed E-state index contributed by atoms with van der Waals surface area (Å²) >= 11 is 1.05. The highest BCUT2D eigenvalue weighted by Crippen LogP contribution is 2.29. The van der Waals surface area contributed by atoms with Crippen molar-refractivity contribution in [1.82, 2.24) is 4.98 Å². The molecule has 0 spiro atoms. The molecule has 1 aliphatic heterocycles. The van der Waals surface area contributed by atoms with Gasteiger partial charge in [0.05, 0.1) is 4.91 Å². The Labute approximate surface area is 94.9 Å². The Morgan fingerprint density at radius 3 is 2.69 bits per heavy atom. The average Bonchev–Trinajstić information content (AvgIpc) is 2.61. The molecule has 1 aliphatic rings. The van der Waals surface area contributed by atoms with Crippen molar-refractivity contribution in [1.29, 1.82) is 0 Å². The monoisotopic (exact) mass is 234 g/mol. The van der Waals surface area contributed by atoms with Crippen LogP contribution in [0.1, 0.15) is 5.56 Å². The van der Waals surface area contributed by atoms with Crippen LogP contribution in [0.15, 0.2) is 40.5 Å². The summed E-state index contributed by atoms with van der Waals surface area (Å²) in [6.07, 6.45) is 4.04. The third-order valence-corrected chi connectivity index (χ3v) is 2.84. The van der Waals surface area contributed by atoms with Gasteiger partial charge in [0.2, 0.25) is 0 Å². The van der Waals surface area contributed by atoms with E-state index in [0.717, 1.165) is 23.4 Å². The van der Waals surface area contributed by atoms with Crippen molar-refractivity contribution in [3.05, 3.63) is 41.1 Å². The first kappa shape index (κ1) is 10.6.